The number of rotatable bonds is 5. The lowest BCUT2D eigenvalue weighted by atomic mass is 10.0. The van der Waals surface area contributed by atoms with E-state index in [2.05, 4.69) is 16.3 Å². The van der Waals surface area contributed by atoms with Gasteiger partial charge >= 0.3 is 0 Å². The third-order valence-corrected chi connectivity index (χ3v) is 5.11. The quantitative estimate of drug-likeness (QED) is 0.451. The summed E-state index contributed by atoms with van der Waals surface area (Å²) in [6.45, 7) is 9.88. The molecular weight excluding hydrogens is 344 g/mol. The highest BCUT2D eigenvalue weighted by Crippen LogP contribution is 2.29. The summed E-state index contributed by atoms with van der Waals surface area (Å²) in [5, 5.41) is 8.34. The summed E-state index contributed by atoms with van der Waals surface area (Å²) in [5.74, 6) is 0.549. The van der Waals surface area contributed by atoms with Gasteiger partial charge in [-0.25, -0.2) is 0 Å². The van der Waals surface area contributed by atoms with E-state index in [1.807, 2.05) is 65.0 Å². The van der Waals surface area contributed by atoms with Gasteiger partial charge in [0.1, 0.15) is 0 Å². The van der Waals surface area contributed by atoms with Gasteiger partial charge in [0.2, 0.25) is 5.89 Å². The number of Topliss-reactive ketones (excluding diaryl/α,β-unsaturated/α-hetero) is 1. The molecule has 0 amide bonds. The van der Waals surface area contributed by atoms with Gasteiger partial charge in [-0.1, -0.05) is 46.7 Å². The standard InChI is InChI=1S/C21H22N2O2S/c1-12-6-7-15(4)18(11-12)19(24)16(5)26-21-23-22-20(25-21)17-9-13(2)8-14(3)10-17/h6-11,16H,1-5H3/t16-/m1/s1. The topological polar surface area (TPSA) is 56.0 Å². The van der Waals surface area contributed by atoms with Crippen LogP contribution in [0.5, 0.6) is 0 Å². The van der Waals surface area contributed by atoms with E-state index in [1.165, 1.54) is 11.8 Å². The van der Waals surface area contributed by atoms with E-state index >= 15 is 0 Å². The Morgan fingerprint density at radius 3 is 2.35 bits per heavy atom. The monoisotopic (exact) mass is 366 g/mol. The van der Waals surface area contributed by atoms with Crippen LogP contribution in [-0.2, 0) is 0 Å². The highest BCUT2D eigenvalue weighted by molar-refractivity contribution is 8.00. The fourth-order valence-corrected chi connectivity index (χ4v) is 3.65. The fraction of sp³-hybridized carbons (Fsp3) is 0.286. The molecule has 1 heterocycles. The summed E-state index contributed by atoms with van der Waals surface area (Å²) in [5.41, 5.74) is 5.99. The molecule has 3 rings (SSSR count). The average Bonchev–Trinajstić information content (AvgIpc) is 3.04. The van der Waals surface area contributed by atoms with Crippen LogP contribution in [0.1, 0.15) is 39.5 Å². The molecule has 0 fully saturated rings. The lowest BCUT2D eigenvalue weighted by Crippen LogP contribution is -2.15. The van der Waals surface area contributed by atoms with E-state index < -0.39 is 0 Å². The molecule has 0 aliphatic heterocycles. The van der Waals surface area contributed by atoms with Gasteiger partial charge in [0, 0.05) is 11.1 Å². The number of aryl methyl sites for hydroxylation is 4. The molecule has 0 N–H and O–H groups in total. The molecule has 134 valence electrons. The van der Waals surface area contributed by atoms with Crippen molar-refractivity contribution in [3.63, 3.8) is 0 Å². The second-order valence-corrected chi connectivity index (χ2v) is 7.98. The van der Waals surface area contributed by atoms with E-state index in [9.17, 15) is 4.79 Å². The van der Waals surface area contributed by atoms with Crippen LogP contribution in [0.15, 0.2) is 46.0 Å². The number of aromatic nitrogens is 2. The van der Waals surface area contributed by atoms with Gasteiger partial charge in [-0.05, 0) is 58.4 Å². The maximum atomic E-state index is 12.8. The molecule has 1 atom stereocenters. The van der Waals surface area contributed by atoms with E-state index in [0.717, 1.165) is 33.4 Å². The second-order valence-electron chi connectivity index (χ2n) is 6.69. The number of ketones is 1. The van der Waals surface area contributed by atoms with Crippen molar-refractivity contribution in [3.8, 4) is 11.5 Å². The Kier molecular flexibility index (Phi) is 5.28. The minimum absolute atomic E-state index is 0.0716. The molecule has 0 aliphatic carbocycles. The summed E-state index contributed by atoms with van der Waals surface area (Å²) in [6, 6.07) is 12.0. The first-order chi connectivity index (χ1) is 12.3. The van der Waals surface area contributed by atoms with Crippen molar-refractivity contribution in [1.82, 2.24) is 10.2 Å². The molecule has 0 bridgehead atoms. The van der Waals surface area contributed by atoms with E-state index in [4.69, 9.17) is 4.42 Å². The smallest absolute Gasteiger partial charge is 0.277 e. The third kappa shape index (κ3) is 4.05. The van der Waals surface area contributed by atoms with Crippen LogP contribution < -0.4 is 0 Å². The first kappa shape index (κ1) is 18.4. The maximum absolute atomic E-state index is 12.8. The summed E-state index contributed by atoms with van der Waals surface area (Å²) in [4.78, 5) is 12.8. The highest BCUT2D eigenvalue weighted by atomic mass is 32.2. The van der Waals surface area contributed by atoms with Gasteiger partial charge in [-0.3, -0.25) is 4.79 Å². The van der Waals surface area contributed by atoms with Crippen molar-refractivity contribution >= 4 is 17.5 Å². The summed E-state index contributed by atoms with van der Waals surface area (Å²) >= 11 is 1.30. The lowest BCUT2D eigenvalue weighted by Gasteiger charge is -2.10. The van der Waals surface area contributed by atoms with Crippen LogP contribution in [-0.4, -0.2) is 21.2 Å². The fourth-order valence-electron chi connectivity index (χ4n) is 2.90. The average molecular weight is 366 g/mol. The molecule has 5 heteroatoms. The van der Waals surface area contributed by atoms with Gasteiger partial charge in [0.05, 0.1) is 5.25 Å². The summed E-state index contributed by atoms with van der Waals surface area (Å²) < 4.78 is 5.78. The van der Waals surface area contributed by atoms with Crippen molar-refractivity contribution < 1.29 is 9.21 Å². The van der Waals surface area contributed by atoms with Gasteiger partial charge in [0.15, 0.2) is 5.78 Å². The van der Waals surface area contributed by atoms with Gasteiger partial charge < -0.3 is 4.42 Å². The molecular formula is C21H22N2O2S. The molecule has 1 aromatic heterocycles. The number of carbonyl (C=O) groups excluding carboxylic acids is 1. The van der Waals surface area contributed by atoms with Gasteiger partial charge in [0.25, 0.3) is 5.22 Å². The van der Waals surface area contributed by atoms with E-state index in [-0.39, 0.29) is 11.0 Å². The predicted octanol–water partition coefficient (Wildman–Crippen LogP) is 5.33. The molecule has 4 nitrogen and oxygen atoms in total. The predicted molar refractivity (Wildman–Crippen MR) is 105 cm³/mol. The van der Waals surface area contributed by atoms with E-state index in [0.29, 0.717) is 11.1 Å². The van der Waals surface area contributed by atoms with Crippen LogP contribution >= 0.6 is 11.8 Å². The molecule has 0 aliphatic rings. The molecule has 2 aromatic carbocycles. The minimum Gasteiger partial charge on any atom is -0.411 e. The Balaban J connectivity index is 1.78. The van der Waals surface area contributed by atoms with Crippen LogP contribution in [0.25, 0.3) is 11.5 Å². The molecule has 3 aromatic rings. The highest BCUT2D eigenvalue weighted by Gasteiger charge is 2.21. The molecule has 0 saturated carbocycles. The number of hydrogen-bond acceptors (Lipinski definition) is 5. The van der Waals surface area contributed by atoms with Gasteiger partial charge in [-0.2, -0.15) is 0 Å². The first-order valence-electron chi connectivity index (χ1n) is 8.54. The van der Waals surface area contributed by atoms with Crippen molar-refractivity contribution in [2.45, 2.75) is 45.1 Å². The molecule has 0 spiro atoms. The number of hydrogen-bond donors (Lipinski definition) is 0. The zero-order valence-electron chi connectivity index (χ0n) is 15.7. The normalized spacial score (nSPS) is 12.2. The molecule has 0 radical (unpaired) electrons. The van der Waals surface area contributed by atoms with Crippen molar-refractivity contribution in [1.29, 1.82) is 0 Å². The third-order valence-electron chi connectivity index (χ3n) is 4.18. The maximum Gasteiger partial charge on any atom is 0.277 e. The Hall–Kier alpha value is -2.40. The molecule has 26 heavy (non-hydrogen) atoms. The molecule has 0 unspecified atom stereocenters. The lowest BCUT2D eigenvalue weighted by molar-refractivity contribution is 0.0993. The molecule has 0 saturated heterocycles. The number of benzene rings is 2. The van der Waals surface area contributed by atoms with Crippen molar-refractivity contribution in [2.24, 2.45) is 0 Å². The zero-order valence-corrected chi connectivity index (χ0v) is 16.5. The Bertz CT molecular complexity index is 942. The van der Waals surface area contributed by atoms with Crippen LogP contribution in [0.2, 0.25) is 0 Å². The summed E-state index contributed by atoms with van der Waals surface area (Å²) in [7, 11) is 0. The number of carbonyl (C=O) groups is 1. The van der Waals surface area contributed by atoms with Crippen LogP contribution in [0.4, 0.5) is 0 Å². The van der Waals surface area contributed by atoms with Crippen molar-refractivity contribution in [3.05, 3.63) is 64.2 Å². The van der Waals surface area contributed by atoms with Crippen LogP contribution in [0.3, 0.4) is 0 Å². The Morgan fingerprint density at radius 1 is 0.962 bits per heavy atom. The summed E-state index contributed by atoms with van der Waals surface area (Å²) in [6.07, 6.45) is 0. The number of nitrogens with zero attached hydrogens (tertiary/aromatic N) is 2. The Morgan fingerprint density at radius 2 is 1.65 bits per heavy atom. The first-order valence-corrected chi connectivity index (χ1v) is 9.42. The second kappa shape index (κ2) is 7.46. The minimum atomic E-state index is -0.303. The van der Waals surface area contributed by atoms with Crippen LogP contribution in [0, 0.1) is 27.7 Å². The van der Waals surface area contributed by atoms with Gasteiger partial charge in [-0.15, -0.1) is 10.2 Å². The largest absolute Gasteiger partial charge is 0.411 e. The SMILES string of the molecule is Cc1cc(C)cc(-c2nnc(S[C@H](C)C(=O)c3cc(C)ccc3C)o2)c1. The zero-order chi connectivity index (χ0) is 18.8. The Labute approximate surface area is 158 Å². The van der Waals surface area contributed by atoms with Crippen molar-refractivity contribution in [2.75, 3.05) is 0 Å². The number of thioether (sulfide) groups is 1. The van der Waals surface area contributed by atoms with E-state index in [1.54, 1.807) is 0 Å².